The Bertz CT molecular complexity index is 1060. The molecule has 29 heavy (non-hydrogen) atoms. The van der Waals surface area contributed by atoms with E-state index in [0.717, 1.165) is 40.2 Å². The van der Waals surface area contributed by atoms with Gasteiger partial charge < -0.3 is 9.73 Å². The molecular formula is C20H17Cl2N5OS. The van der Waals surface area contributed by atoms with Crippen molar-refractivity contribution in [3.05, 3.63) is 76.5 Å². The Morgan fingerprint density at radius 3 is 2.59 bits per heavy atom. The lowest BCUT2D eigenvalue weighted by Crippen LogP contribution is -2.16. The van der Waals surface area contributed by atoms with Crippen LogP contribution in [0.25, 0.3) is 17.0 Å². The van der Waals surface area contributed by atoms with E-state index in [4.69, 9.17) is 27.6 Å². The van der Waals surface area contributed by atoms with Gasteiger partial charge in [-0.1, -0.05) is 53.2 Å². The molecule has 2 aromatic carbocycles. The molecule has 0 radical (unpaired) electrons. The van der Waals surface area contributed by atoms with E-state index >= 15 is 0 Å². The monoisotopic (exact) mass is 445 g/mol. The van der Waals surface area contributed by atoms with Crippen LogP contribution < -0.4 is 5.32 Å². The molecule has 4 aromatic rings. The quantitative estimate of drug-likeness (QED) is 0.300. The zero-order valence-electron chi connectivity index (χ0n) is 15.3. The molecule has 0 spiro atoms. The summed E-state index contributed by atoms with van der Waals surface area (Å²) in [5, 5.41) is 17.2. The van der Waals surface area contributed by atoms with Gasteiger partial charge >= 0.3 is 0 Å². The van der Waals surface area contributed by atoms with Crippen LogP contribution in [0.2, 0.25) is 10.0 Å². The summed E-state index contributed by atoms with van der Waals surface area (Å²) < 4.78 is 7.62. The van der Waals surface area contributed by atoms with E-state index < -0.39 is 0 Å². The maximum Gasteiger partial charge on any atom is 0.214 e. The van der Waals surface area contributed by atoms with Crippen LogP contribution in [-0.2, 0) is 6.54 Å². The Labute approximate surface area is 182 Å². The second-order valence-corrected chi connectivity index (χ2v) is 8.09. The molecule has 2 aromatic heterocycles. The van der Waals surface area contributed by atoms with Gasteiger partial charge in [-0.3, -0.25) is 0 Å². The van der Waals surface area contributed by atoms with E-state index in [9.17, 15) is 0 Å². The summed E-state index contributed by atoms with van der Waals surface area (Å²) in [6, 6.07) is 19.1. The fraction of sp³-hybridized carbons (Fsp3) is 0.150. The number of hydrogen-bond acceptors (Lipinski definition) is 6. The molecule has 0 fully saturated rings. The van der Waals surface area contributed by atoms with Crippen molar-refractivity contribution in [2.24, 2.45) is 0 Å². The summed E-state index contributed by atoms with van der Waals surface area (Å²) >= 11 is 13.7. The molecule has 0 atom stereocenters. The third-order valence-corrected chi connectivity index (χ3v) is 5.42. The maximum atomic E-state index is 6.06. The molecule has 1 N–H and O–H groups in total. The van der Waals surface area contributed by atoms with Gasteiger partial charge in [0.1, 0.15) is 11.5 Å². The molecule has 9 heteroatoms. The highest BCUT2D eigenvalue weighted by Gasteiger charge is 2.09. The van der Waals surface area contributed by atoms with Crippen LogP contribution in [0, 0.1) is 0 Å². The average Bonchev–Trinajstić information content (AvgIpc) is 3.37. The average molecular weight is 446 g/mol. The zero-order valence-corrected chi connectivity index (χ0v) is 17.6. The molecular weight excluding hydrogens is 429 g/mol. The normalized spacial score (nSPS) is 11.1. The Morgan fingerprint density at radius 2 is 1.79 bits per heavy atom. The van der Waals surface area contributed by atoms with E-state index in [2.05, 4.69) is 20.8 Å². The molecule has 6 nitrogen and oxygen atoms in total. The van der Waals surface area contributed by atoms with Gasteiger partial charge in [-0.2, -0.15) is 4.68 Å². The van der Waals surface area contributed by atoms with E-state index in [1.807, 2.05) is 54.6 Å². The minimum Gasteiger partial charge on any atom is -0.460 e. The largest absolute Gasteiger partial charge is 0.460 e. The van der Waals surface area contributed by atoms with Gasteiger partial charge in [0.25, 0.3) is 0 Å². The number of furan rings is 1. The topological polar surface area (TPSA) is 68.8 Å². The van der Waals surface area contributed by atoms with Gasteiger partial charge in [0.05, 0.1) is 12.2 Å². The standard InChI is InChI=1S/C20H17Cl2N5OS/c21-15-10-14(11-16(22)12-15)19-7-6-18(28-19)13-23-8-9-29-20-24-25-26-27(20)17-4-2-1-3-5-17/h1-7,10-12,23H,8-9,13H2. The van der Waals surface area contributed by atoms with E-state index in [0.29, 0.717) is 16.6 Å². The van der Waals surface area contributed by atoms with E-state index in [-0.39, 0.29) is 0 Å². The van der Waals surface area contributed by atoms with Gasteiger partial charge in [0.15, 0.2) is 0 Å². The molecule has 0 aliphatic heterocycles. The Hall–Kier alpha value is -2.32. The van der Waals surface area contributed by atoms with Crippen molar-refractivity contribution in [1.82, 2.24) is 25.5 Å². The number of aromatic nitrogens is 4. The van der Waals surface area contributed by atoms with Gasteiger partial charge in [-0.15, -0.1) is 5.10 Å². The second-order valence-electron chi connectivity index (χ2n) is 6.16. The molecule has 0 saturated heterocycles. The first kappa shape index (κ1) is 20.0. The third kappa shape index (κ3) is 5.19. The predicted molar refractivity (Wildman–Crippen MR) is 116 cm³/mol. The molecule has 148 valence electrons. The number of benzene rings is 2. The van der Waals surface area contributed by atoms with Gasteiger partial charge in [-0.25, -0.2) is 0 Å². The minimum atomic E-state index is 0.582. The summed E-state index contributed by atoms with van der Waals surface area (Å²) in [5.74, 6) is 2.41. The Balaban J connectivity index is 1.27. The molecule has 2 heterocycles. The molecule has 0 unspecified atom stereocenters. The number of halogens is 2. The Morgan fingerprint density at radius 1 is 1.00 bits per heavy atom. The third-order valence-electron chi connectivity index (χ3n) is 4.06. The van der Waals surface area contributed by atoms with Crippen LogP contribution in [0.1, 0.15) is 5.76 Å². The molecule has 0 aliphatic rings. The number of hydrogen-bond donors (Lipinski definition) is 1. The van der Waals surface area contributed by atoms with Crippen LogP contribution in [0.4, 0.5) is 0 Å². The first-order valence-electron chi connectivity index (χ1n) is 8.91. The molecule has 0 bridgehead atoms. The fourth-order valence-corrected chi connectivity index (χ4v) is 4.06. The smallest absolute Gasteiger partial charge is 0.214 e. The minimum absolute atomic E-state index is 0.582. The van der Waals surface area contributed by atoms with Gasteiger partial charge in [0.2, 0.25) is 5.16 Å². The summed E-state index contributed by atoms with van der Waals surface area (Å²) in [6.07, 6.45) is 0. The predicted octanol–water partition coefficient (Wildman–Crippen LogP) is 5.11. The van der Waals surface area contributed by atoms with Crippen LogP contribution >= 0.6 is 35.0 Å². The number of nitrogens with zero attached hydrogens (tertiary/aromatic N) is 4. The van der Waals surface area contributed by atoms with Gasteiger partial charge in [-0.05, 0) is 52.9 Å². The van der Waals surface area contributed by atoms with Crippen LogP contribution in [0.3, 0.4) is 0 Å². The van der Waals surface area contributed by atoms with Crippen molar-refractivity contribution in [2.75, 3.05) is 12.3 Å². The number of nitrogens with one attached hydrogen (secondary N) is 1. The van der Waals surface area contributed by atoms with Crippen LogP contribution in [0.5, 0.6) is 0 Å². The number of thioether (sulfide) groups is 1. The summed E-state index contributed by atoms with van der Waals surface area (Å²) in [7, 11) is 0. The van der Waals surface area contributed by atoms with E-state index in [1.165, 1.54) is 0 Å². The highest BCUT2D eigenvalue weighted by Crippen LogP contribution is 2.28. The maximum absolute atomic E-state index is 6.06. The first-order valence-corrected chi connectivity index (χ1v) is 10.7. The molecule has 0 amide bonds. The lowest BCUT2D eigenvalue weighted by atomic mass is 10.2. The van der Waals surface area contributed by atoms with Crippen molar-refractivity contribution >= 4 is 35.0 Å². The molecule has 0 aliphatic carbocycles. The number of rotatable bonds is 8. The van der Waals surface area contributed by atoms with Crippen molar-refractivity contribution in [3.63, 3.8) is 0 Å². The highest BCUT2D eigenvalue weighted by atomic mass is 35.5. The lowest BCUT2D eigenvalue weighted by Gasteiger charge is -2.05. The molecule has 0 saturated carbocycles. The summed E-state index contributed by atoms with van der Waals surface area (Å²) in [4.78, 5) is 0. The summed E-state index contributed by atoms with van der Waals surface area (Å²) in [6.45, 7) is 1.41. The first-order chi connectivity index (χ1) is 14.2. The van der Waals surface area contributed by atoms with Crippen LogP contribution in [0.15, 0.2) is 70.2 Å². The fourth-order valence-electron chi connectivity index (χ4n) is 2.75. The van der Waals surface area contributed by atoms with Crippen molar-refractivity contribution in [1.29, 1.82) is 0 Å². The Kier molecular flexibility index (Phi) is 6.51. The SMILES string of the molecule is Clc1cc(Cl)cc(-c2ccc(CNCCSc3nnnn3-c3ccccc3)o2)c1. The molecule has 4 rings (SSSR count). The summed E-state index contributed by atoms with van der Waals surface area (Å²) in [5.41, 5.74) is 1.80. The lowest BCUT2D eigenvalue weighted by molar-refractivity contribution is 0.499. The zero-order chi connectivity index (χ0) is 20.1. The highest BCUT2D eigenvalue weighted by molar-refractivity contribution is 7.99. The second kappa shape index (κ2) is 9.45. The number of para-hydroxylation sites is 1. The van der Waals surface area contributed by atoms with Gasteiger partial charge in [0, 0.05) is 27.9 Å². The van der Waals surface area contributed by atoms with Crippen molar-refractivity contribution in [2.45, 2.75) is 11.7 Å². The van der Waals surface area contributed by atoms with Crippen molar-refractivity contribution in [3.8, 4) is 17.0 Å². The van der Waals surface area contributed by atoms with E-state index in [1.54, 1.807) is 22.5 Å². The van der Waals surface area contributed by atoms with Crippen LogP contribution in [-0.4, -0.2) is 32.5 Å². The number of tetrazole rings is 1. The van der Waals surface area contributed by atoms with Crippen molar-refractivity contribution < 1.29 is 4.42 Å².